The van der Waals surface area contributed by atoms with Gasteiger partial charge in [0, 0.05) is 22.6 Å². The van der Waals surface area contributed by atoms with Gasteiger partial charge < -0.3 is 15.4 Å². The van der Waals surface area contributed by atoms with Crippen molar-refractivity contribution >= 4 is 23.3 Å². The van der Waals surface area contributed by atoms with Crippen molar-refractivity contribution in [2.75, 3.05) is 6.61 Å². The van der Waals surface area contributed by atoms with Gasteiger partial charge in [-0.05, 0) is 37.3 Å². The van der Waals surface area contributed by atoms with Crippen LogP contribution in [0.25, 0.3) is 0 Å². The molecule has 0 saturated heterocycles. The van der Waals surface area contributed by atoms with E-state index in [9.17, 15) is 4.79 Å². The molecule has 0 radical (unpaired) electrons. The number of amidine groups is 1. The maximum absolute atomic E-state index is 12.6. The molecule has 1 amide bonds. The first-order valence-electron chi connectivity index (χ1n) is 10.1. The predicted octanol–water partition coefficient (Wildman–Crippen LogP) is 3.63. The zero-order valence-electron chi connectivity index (χ0n) is 16.0. The van der Waals surface area contributed by atoms with Gasteiger partial charge in [0.05, 0.1) is 5.70 Å². The summed E-state index contributed by atoms with van der Waals surface area (Å²) in [5, 5.41) is 13.3. The van der Waals surface area contributed by atoms with Crippen molar-refractivity contribution in [1.29, 1.82) is 0 Å². The SMILES string of the molecule is O=C1C=C(COc2cccc(Cl)c2C2CCC2)NC2NC(C3C=CC=CC3)=NN12. The predicted molar refractivity (Wildman–Crippen MR) is 112 cm³/mol. The lowest BCUT2D eigenvalue weighted by Gasteiger charge is -2.30. The lowest BCUT2D eigenvalue weighted by Crippen LogP contribution is -2.54. The van der Waals surface area contributed by atoms with E-state index in [0.717, 1.165) is 47.1 Å². The zero-order valence-corrected chi connectivity index (χ0v) is 16.7. The Kier molecular flexibility index (Phi) is 4.79. The summed E-state index contributed by atoms with van der Waals surface area (Å²) < 4.78 is 6.08. The van der Waals surface area contributed by atoms with Crippen LogP contribution < -0.4 is 15.4 Å². The molecule has 29 heavy (non-hydrogen) atoms. The topological polar surface area (TPSA) is 66.0 Å². The monoisotopic (exact) mass is 410 g/mol. The molecule has 2 atom stereocenters. The third kappa shape index (κ3) is 3.53. The van der Waals surface area contributed by atoms with E-state index in [0.29, 0.717) is 5.92 Å². The fraction of sp³-hybridized carbons (Fsp3) is 0.364. The largest absolute Gasteiger partial charge is 0.487 e. The fourth-order valence-electron chi connectivity index (χ4n) is 4.05. The van der Waals surface area contributed by atoms with Crippen LogP contribution in [0, 0.1) is 5.92 Å². The summed E-state index contributed by atoms with van der Waals surface area (Å²) >= 11 is 6.44. The highest BCUT2D eigenvalue weighted by Crippen LogP contribution is 2.44. The van der Waals surface area contributed by atoms with Crippen LogP contribution in [-0.4, -0.2) is 29.6 Å². The van der Waals surface area contributed by atoms with E-state index in [4.69, 9.17) is 16.3 Å². The molecule has 1 aromatic rings. The fourth-order valence-corrected chi connectivity index (χ4v) is 4.37. The molecular formula is C22H23ClN4O2. The minimum absolute atomic E-state index is 0.157. The lowest BCUT2D eigenvalue weighted by molar-refractivity contribution is -0.129. The molecule has 5 rings (SSSR count). The Hall–Kier alpha value is -2.73. The van der Waals surface area contributed by atoms with E-state index >= 15 is 0 Å². The summed E-state index contributed by atoms with van der Waals surface area (Å²) in [7, 11) is 0. The molecule has 1 aromatic carbocycles. The quantitative estimate of drug-likeness (QED) is 0.777. The number of amides is 1. The maximum atomic E-state index is 12.6. The Morgan fingerprint density at radius 3 is 2.90 bits per heavy atom. The van der Waals surface area contributed by atoms with E-state index in [1.54, 1.807) is 6.08 Å². The number of ether oxygens (including phenoxy) is 1. The van der Waals surface area contributed by atoms with E-state index in [2.05, 4.69) is 27.9 Å². The number of benzene rings is 1. The molecule has 1 saturated carbocycles. The molecule has 2 unspecified atom stereocenters. The first-order chi connectivity index (χ1) is 14.2. The number of nitrogens with one attached hydrogen (secondary N) is 2. The number of halogens is 1. The van der Waals surface area contributed by atoms with Gasteiger partial charge in [0.2, 0.25) is 6.29 Å². The molecule has 7 heteroatoms. The minimum atomic E-state index is -0.383. The van der Waals surface area contributed by atoms with Gasteiger partial charge in [0.25, 0.3) is 5.91 Å². The first-order valence-corrected chi connectivity index (χ1v) is 10.5. The number of hydrogen-bond donors (Lipinski definition) is 2. The molecule has 1 fully saturated rings. The van der Waals surface area contributed by atoms with Crippen LogP contribution in [0.2, 0.25) is 5.02 Å². The van der Waals surface area contributed by atoms with Gasteiger partial charge in [-0.3, -0.25) is 4.79 Å². The molecular weight excluding hydrogens is 388 g/mol. The van der Waals surface area contributed by atoms with Crippen LogP contribution in [0.1, 0.15) is 37.2 Å². The summed E-state index contributed by atoms with van der Waals surface area (Å²) in [5.74, 6) is 2.07. The summed E-state index contributed by atoms with van der Waals surface area (Å²) in [6, 6.07) is 5.77. The van der Waals surface area contributed by atoms with Crippen molar-refractivity contribution < 1.29 is 9.53 Å². The average molecular weight is 411 g/mol. The number of carbonyl (C=O) groups is 1. The second-order valence-corrected chi connectivity index (χ2v) is 8.16. The Balaban J connectivity index is 1.25. The van der Waals surface area contributed by atoms with Crippen molar-refractivity contribution in [1.82, 2.24) is 15.6 Å². The van der Waals surface area contributed by atoms with E-state index in [1.165, 1.54) is 11.4 Å². The van der Waals surface area contributed by atoms with E-state index in [-0.39, 0.29) is 24.7 Å². The lowest BCUT2D eigenvalue weighted by atomic mass is 9.79. The normalized spacial score (nSPS) is 25.6. The van der Waals surface area contributed by atoms with E-state index < -0.39 is 0 Å². The number of hydrogen-bond acceptors (Lipinski definition) is 5. The first kappa shape index (κ1) is 18.3. The second-order valence-electron chi connectivity index (χ2n) is 7.75. The third-order valence-electron chi connectivity index (χ3n) is 5.83. The van der Waals surface area contributed by atoms with E-state index in [1.807, 2.05) is 30.4 Å². The molecule has 2 N–H and O–H groups in total. The third-order valence-corrected chi connectivity index (χ3v) is 6.16. The molecule has 2 heterocycles. The number of rotatable bonds is 5. The van der Waals surface area contributed by atoms with Crippen molar-refractivity contribution in [3.63, 3.8) is 0 Å². The molecule has 0 bridgehead atoms. The number of hydrazone groups is 1. The van der Waals surface area contributed by atoms with Gasteiger partial charge in [0.15, 0.2) is 0 Å². The van der Waals surface area contributed by atoms with Gasteiger partial charge in [0.1, 0.15) is 18.2 Å². The maximum Gasteiger partial charge on any atom is 0.272 e. The Morgan fingerprint density at radius 1 is 1.24 bits per heavy atom. The molecule has 2 aliphatic carbocycles. The number of nitrogens with zero attached hydrogens (tertiary/aromatic N) is 2. The van der Waals surface area contributed by atoms with Crippen molar-refractivity contribution in [2.45, 2.75) is 37.9 Å². The van der Waals surface area contributed by atoms with Gasteiger partial charge >= 0.3 is 0 Å². The molecule has 0 aromatic heterocycles. The van der Waals surface area contributed by atoms with Crippen molar-refractivity contribution in [2.24, 2.45) is 11.0 Å². The number of fused-ring (bicyclic) bond motifs is 1. The molecule has 6 nitrogen and oxygen atoms in total. The van der Waals surface area contributed by atoms with Crippen LogP contribution in [0.5, 0.6) is 5.75 Å². The average Bonchev–Trinajstić information content (AvgIpc) is 3.13. The zero-order chi connectivity index (χ0) is 19.8. The van der Waals surface area contributed by atoms with Crippen LogP contribution in [-0.2, 0) is 4.79 Å². The highest BCUT2D eigenvalue weighted by molar-refractivity contribution is 6.31. The standard InChI is InChI=1S/C22H23ClN4O2/c23-17-10-5-11-18(20(17)14-8-4-9-14)29-13-16-12-19(28)27-22(24-16)25-21(26-27)15-6-2-1-3-7-15/h1-3,5-6,10-12,14-15,22,24H,4,7-9,13H2,(H,25,26). The van der Waals surface area contributed by atoms with Gasteiger partial charge in [-0.25, -0.2) is 0 Å². The summed E-state index contributed by atoms with van der Waals surface area (Å²) in [6.07, 6.45) is 13.8. The molecule has 4 aliphatic rings. The van der Waals surface area contributed by atoms with Gasteiger partial charge in [-0.2, -0.15) is 10.1 Å². The summed E-state index contributed by atoms with van der Waals surface area (Å²) in [6.45, 7) is 0.277. The summed E-state index contributed by atoms with van der Waals surface area (Å²) in [4.78, 5) is 12.6. The van der Waals surface area contributed by atoms with Gasteiger partial charge in [-0.15, -0.1) is 0 Å². The molecule has 0 spiro atoms. The van der Waals surface area contributed by atoms with Crippen LogP contribution in [0.15, 0.2) is 59.4 Å². The Labute approximate surface area is 174 Å². The minimum Gasteiger partial charge on any atom is -0.487 e. The smallest absolute Gasteiger partial charge is 0.272 e. The Bertz CT molecular complexity index is 948. The molecule has 2 aliphatic heterocycles. The van der Waals surface area contributed by atoms with Crippen LogP contribution in [0.3, 0.4) is 0 Å². The summed E-state index contributed by atoms with van der Waals surface area (Å²) in [5.41, 5.74) is 1.81. The van der Waals surface area contributed by atoms with Crippen molar-refractivity contribution in [3.05, 3.63) is 64.9 Å². The highest BCUT2D eigenvalue weighted by atomic mass is 35.5. The second kappa shape index (κ2) is 7.59. The van der Waals surface area contributed by atoms with Gasteiger partial charge in [-0.1, -0.05) is 48.4 Å². The van der Waals surface area contributed by atoms with Crippen LogP contribution in [0.4, 0.5) is 0 Å². The van der Waals surface area contributed by atoms with Crippen molar-refractivity contribution in [3.8, 4) is 5.75 Å². The highest BCUT2D eigenvalue weighted by Gasteiger charge is 2.36. The van der Waals surface area contributed by atoms with Crippen LogP contribution >= 0.6 is 11.6 Å². The number of carbonyl (C=O) groups excluding carboxylic acids is 1. The Morgan fingerprint density at radius 2 is 2.14 bits per heavy atom. The number of allylic oxidation sites excluding steroid dienone is 3. The molecule has 150 valence electrons.